The van der Waals surface area contributed by atoms with Gasteiger partial charge in [-0.05, 0) is 72.7 Å². The van der Waals surface area contributed by atoms with Crippen molar-refractivity contribution in [1.82, 2.24) is 34.8 Å². The van der Waals surface area contributed by atoms with Crippen molar-refractivity contribution in [1.29, 1.82) is 0 Å². The van der Waals surface area contributed by atoms with Gasteiger partial charge in [-0.3, -0.25) is 4.40 Å². The molecule has 37 heavy (non-hydrogen) atoms. The summed E-state index contributed by atoms with van der Waals surface area (Å²) in [5.41, 5.74) is 3.33. The van der Waals surface area contributed by atoms with Crippen LogP contribution in [0, 0.1) is 5.92 Å². The topological polar surface area (TPSA) is 104 Å². The normalized spacial score (nSPS) is 17.6. The lowest BCUT2D eigenvalue weighted by Crippen LogP contribution is -2.36. The Hall–Kier alpha value is -4.31. The lowest BCUT2D eigenvalue weighted by Gasteiger charge is -2.33. The highest BCUT2D eigenvalue weighted by molar-refractivity contribution is 5.50. The number of fused-ring (bicyclic) bond motifs is 1. The molecule has 0 spiro atoms. The Morgan fingerprint density at radius 2 is 1.89 bits per heavy atom. The monoisotopic (exact) mass is 496 g/mol. The number of tetrazole rings is 1. The van der Waals surface area contributed by atoms with Crippen LogP contribution in [0.4, 0.5) is 5.69 Å². The Kier molecular flexibility index (Phi) is 6.01. The quantitative estimate of drug-likeness (QED) is 0.340. The highest BCUT2D eigenvalue weighted by Gasteiger charge is 2.43. The lowest BCUT2D eigenvalue weighted by molar-refractivity contribution is 0.00580. The molecule has 1 N–H and O–H groups in total. The smallest absolute Gasteiger partial charge is 0.179 e. The molecular weight excluding hydrogens is 468 g/mol. The lowest BCUT2D eigenvalue weighted by atomic mass is 9.83. The van der Waals surface area contributed by atoms with Crippen LogP contribution in [0.2, 0.25) is 0 Å². The maximum Gasteiger partial charge on any atom is 0.179 e. The Morgan fingerprint density at radius 1 is 1.05 bits per heavy atom. The number of aromatic nitrogens is 7. The minimum absolute atomic E-state index is 0.141. The van der Waals surface area contributed by atoms with E-state index in [0.29, 0.717) is 19.0 Å². The first-order valence-corrected chi connectivity index (χ1v) is 12.3. The summed E-state index contributed by atoms with van der Waals surface area (Å²) in [6, 6.07) is 21.6. The summed E-state index contributed by atoms with van der Waals surface area (Å²) in [7, 11) is 0. The third kappa shape index (κ3) is 4.75. The maximum atomic E-state index is 6.09. The van der Waals surface area contributed by atoms with Gasteiger partial charge >= 0.3 is 0 Å². The fourth-order valence-corrected chi connectivity index (χ4v) is 4.91. The van der Waals surface area contributed by atoms with E-state index >= 15 is 0 Å². The molecule has 1 aliphatic rings. The van der Waals surface area contributed by atoms with Crippen molar-refractivity contribution in [2.75, 3.05) is 11.9 Å². The van der Waals surface area contributed by atoms with Crippen molar-refractivity contribution in [2.45, 2.75) is 38.5 Å². The fraction of sp³-hybridized carbons (Fsp3) is 0.296. The average Bonchev–Trinajstić information content (AvgIpc) is 3.66. The van der Waals surface area contributed by atoms with Gasteiger partial charge in [-0.25, -0.2) is 0 Å². The molecule has 0 aliphatic carbocycles. The number of hydrogen-bond donors (Lipinski definition) is 1. The molecule has 1 saturated heterocycles. The number of nitrogens with one attached hydrogen (secondary N) is 1. The fourth-order valence-electron chi connectivity index (χ4n) is 4.91. The van der Waals surface area contributed by atoms with Crippen LogP contribution in [0.25, 0.3) is 11.3 Å². The number of pyridine rings is 1. The summed E-state index contributed by atoms with van der Waals surface area (Å²) in [4.78, 5) is 0. The van der Waals surface area contributed by atoms with Crippen molar-refractivity contribution >= 4 is 11.3 Å². The van der Waals surface area contributed by atoms with E-state index in [0.717, 1.165) is 34.8 Å². The maximum absolute atomic E-state index is 6.09. The molecule has 5 aromatic rings. The van der Waals surface area contributed by atoms with Gasteiger partial charge < -0.3 is 14.8 Å². The third-order valence-electron chi connectivity index (χ3n) is 6.91. The summed E-state index contributed by atoms with van der Waals surface area (Å²) in [6.45, 7) is 5.44. The summed E-state index contributed by atoms with van der Waals surface area (Å²) in [6.07, 6.45) is 4.54. The highest BCUT2D eigenvalue weighted by Crippen LogP contribution is 2.41. The summed E-state index contributed by atoms with van der Waals surface area (Å²) >= 11 is 0. The van der Waals surface area contributed by atoms with Gasteiger partial charge in [-0.2, -0.15) is 4.68 Å². The molecule has 2 aromatic carbocycles. The van der Waals surface area contributed by atoms with E-state index in [2.05, 4.69) is 44.9 Å². The van der Waals surface area contributed by atoms with E-state index in [9.17, 15) is 0 Å². The number of rotatable bonds is 8. The Morgan fingerprint density at radius 3 is 2.68 bits per heavy atom. The third-order valence-corrected chi connectivity index (χ3v) is 6.91. The molecule has 1 fully saturated rings. The van der Waals surface area contributed by atoms with Crippen LogP contribution >= 0.6 is 0 Å². The van der Waals surface area contributed by atoms with Crippen LogP contribution in [-0.2, 0) is 11.3 Å². The first-order valence-electron chi connectivity index (χ1n) is 12.3. The van der Waals surface area contributed by atoms with Gasteiger partial charge in [0.15, 0.2) is 11.5 Å². The molecule has 10 nitrogen and oxygen atoms in total. The number of anilines is 1. The first-order chi connectivity index (χ1) is 18.1. The second-order valence-corrected chi connectivity index (χ2v) is 9.70. The molecule has 188 valence electrons. The molecule has 6 rings (SSSR count). The molecule has 0 amide bonds. The van der Waals surface area contributed by atoms with Crippen molar-refractivity contribution in [3.05, 3.63) is 90.6 Å². The van der Waals surface area contributed by atoms with Crippen LogP contribution in [0.1, 0.15) is 37.7 Å². The molecule has 0 bridgehead atoms. The first kappa shape index (κ1) is 23.1. The molecule has 10 heteroatoms. The van der Waals surface area contributed by atoms with Crippen LogP contribution in [0.3, 0.4) is 0 Å². The van der Waals surface area contributed by atoms with E-state index in [1.807, 2.05) is 77.3 Å². The van der Waals surface area contributed by atoms with Crippen molar-refractivity contribution in [2.24, 2.45) is 5.92 Å². The molecule has 2 unspecified atom stereocenters. The van der Waals surface area contributed by atoms with Gasteiger partial charge in [-0.15, -0.1) is 15.3 Å². The Labute approximate surface area is 214 Å². The van der Waals surface area contributed by atoms with Crippen LogP contribution in [-0.4, -0.2) is 47.0 Å². The minimum Gasteiger partial charge on any atom is -0.489 e. The molecule has 1 aliphatic heterocycles. The second-order valence-electron chi connectivity index (χ2n) is 9.70. The van der Waals surface area contributed by atoms with E-state index in [-0.39, 0.29) is 17.6 Å². The molecule has 0 radical (unpaired) electrons. The minimum atomic E-state index is -0.343. The SMILES string of the molecule is CC1(C)OCCC1C(Nc1ccc2nncn2c1)c1nnnn1-c1ccc(OCc2ccccc2)cc1. The van der Waals surface area contributed by atoms with Gasteiger partial charge in [0.1, 0.15) is 18.7 Å². The van der Waals surface area contributed by atoms with Gasteiger partial charge in [0.25, 0.3) is 0 Å². The van der Waals surface area contributed by atoms with Gasteiger partial charge in [-0.1, -0.05) is 30.3 Å². The van der Waals surface area contributed by atoms with Gasteiger partial charge in [0, 0.05) is 18.7 Å². The average molecular weight is 497 g/mol. The molecule has 3 aromatic heterocycles. The standard InChI is InChI=1S/C27H28N8O2/c1-27(2)23(14-15-37-27)25(29-20-8-13-24-30-28-18-34(24)16-20)26-31-32-33-35(26)21-9-11-22(12-10-21)36-17-19-6-4-3-5-7-19/h3-13,16,18,23,25,29H,14-15,17H2,1-2H3. The summed E-state index contributed by atoms with van der Waals surface area (Å²) in [5, 5.41) is 24.6. The van der Waals surface area contributed by atoms with Crippen LogP contribution in [0.5, 0.6) is 5.75 Å². The van der Waals surface area contributed by atoms with Crippen LogP contribution < -0.4 is 10.1 Å². The van der Waals surface area contributed by atoms with E-state index in [1.165, 1.54) is 0 Å². The number of hydrogen-bond acceptors (Lipinski definition) is 8. The predicted molar refractivity (Wildman–Crippen MR) is 137 cm³/mol. The highest BCUT2D eigenvalue weighted by atomic mass is 16.5. The zero-order chi connectivity index (χ0) is 25.2. The van der Waals surface area contributed by atoms with E-state index in [4.69, 9.17) is 9.47 Å². The Bertz CT molecular complexity index is 1480. The largest absolute Gasteiger partial charge is 0.489 e. The zero-order valence-electron chi connectivity index (χ0n) is 20.7. The van der Waals surface area contributed by atoms with Gasteiger partial charge in [0.05, 0.1) is 23.0 Å². The van der Waals surface area contributed by atoms with Crippen molar-refractivity contribution in [3.8, 4) is 11.4 Å². The molecule has 0 saturated carbocycles. The zero-order valence-corrected chi connectivity index (χ0v) is 20.7. The molecule has 4 heterocycles. The van der Waals surface area contributed by atoms with Crippen molar-refractivity contribution < 1.29 is 9.47 Å². The number of nitrogens with zero attached hydrogens (tertiary/aromatic N) is 7. The van der Waals surface area contributed by atoms with E-state index in [1.54, 1.807) is 11.0 Å². The van der Waals surface area contributed by atoms with E-state index < -0.39 is 0 Å². The Balaban J connectivity index is 1.28. The van der Waals surface area contributed by atoms with Gasteiger partial charge in [0.2, 0.25) is 0 Å². The summed E-state index contributed by atoms with van der Waals surface area (Å²) < 4.78 is 15.7. The second kappa shape index (κ2) is 9.62. The van der Waals surface area contributed by atoms with Crippen molar-refractivity contribution in [3.63, 3.8) is 0 Å². The predicted octanol–water partition coefficient (Wildman–Crippen LogP) is 4.25. The van der Waals surface area contributed by atoms with Crippen LogP contribution in [0.15, 0.2) is 79.3 Å². The molecule has 2 atom stereocenters. The number of ether oxygens (including phenoxy) is 2. The number of benzene rings is 2. The molecular formula is C27H28N8O2. The summed E-state index contributed by atoms with van der Waals surface area (Å²) in [5.74, 6) is 1.64.